The maximum absolute atomic E-state index is 10.3. The molecular formula is C7H6N2O2. The van der Waals surface area contributed by atoms with E-state index in [1.165, 1.54) is 5.06 Å². The number of hydrogen-bond donors (Lipinski definition) is 1. The van der Waals surface area contributed by atoms with Crippen LogP contribution in [-0.4, -0.2) is 11.3 Å². The van der Waals surface area contributed by atoms with Gasteiger partial charge >= 0.3 is 0 Å². The summed E-state index contributed by atoms with van der Waals surface area (Å²) in [6.07, 6.45) is 7.56. The molecule has 0 radical (unpaired) electrons. The molecule has 4 nitrogen and oxygen atoms in total. The average Bonchev–Trinajstić information content (AvgIpc) is 2.50. The van der Waals surface area contributed by atoms with Crippen LogP contribution in [-0.2, 0) is 9.73 Å². The summed E-state index contributed by atoms with van der Waals surface area (Å²) in [4.78, 5) is 15.2. The third-order valence-electron chi connectivity index (χ3n) is 1.47. The Balaban J connectivity index is 2.32. The summed E-state index contributed by atoms with van der Waals surface area (Å²) in [6.45, 7) is 0. The van der Waals surface area contributed by atoms with Gasteiger partial charge < -0.3 is 0 Å². The first-order chi connectivity index (χ1) is 5.40. The number of fused-ring (bicyclic) bond motifs is 1. The first kappa shape index (κ1) is 6.18. The molecule has 2 rings (SSSR count). The lowest BCUT2D eigenvalue weighted by atomic mass is 10.2. The van der Waals surface area contributed by atoms with Crippen molar-refractivity contribution in [2.24, 2.45) is 0 Å². The molecule has 0 aromatic carbocycles. The van der Waals surface area contributed by atoms with E-state index in [1.807, 2.05) is 0 Å². The summed E-state index contributed by atoms with van der Waals surface area (Å²) in [5.74, 6) is 0. The number of nitrogens with zero attached hydrogens (tertiary/aromatic N) is 1. The molecule has 0 aliphatic carbocycles. The Kier molecular flexibility index (Phi) is 1.26. The van der Waals surface area contributed by atoms with Gasteiger partial charge in [0.1, 0.15) is 6.29 Å². The zero-order chi connectivity index (χ0) is 7.68. The van der Waals surface area contributed by atoms with E-state index >= 15 is 0 Å². The molecule has 0 fully saturated rings. The van der Waals surface area contributed by atoms with Crippen molar-refractivity contribution >= 4 is 6.29 Å². The number of hydrogen-bond acceptors (Lipinski definition) is 4. The molecule has 4 heteroatoms. The summed E-state index contributed by atoms with van der Waals surface area (Å²) in [5, 5.41) is 1.53. The predicted octanol–water partition coefficient (Wildman–Crippen LogP) is 0.232. The van der Waals surface area contributed by atoms with Crippen molar-refractivity contribution in [2.45, 2.75) is 0 Å². The van der Waals surface area contributed by atoms with Crippen LogP contribution in [0.3, 0.4) is 0 Å². The third kappa shape index (κ3) is 0.929. The highest BCUT2D eigenvalue weighted by molar-refractivity contribution is 5.79. The number of aldehydes is 1. The highest BCUT2D eigenvalue weighted by Gasteiger charge is 2.15. The molecule has 2 aliphatic heterocycles. The van der Waals surface area contributed by atoms with Crippen LogP contribution in [0.15, 0.2) is 35.8 Å². The minimum absolute atomic E-state index is 0.639. The topological polar surface area (TPSA) is 41.6 Å². The SMILES string of the molecule is O=CC1=CC2=CNON2C=C1. The molecule has 0 spiro atoms. The minimum Gasteiger partial charge on any atom is -0.298 e. The van der Waals surface area contributed by atoms with Gasteiger partial charge in [0.15, 0.2) is 0 Å². The summed E-state index contributed by atoms with van der Waals surface area (Å²) >= 11 is 0. The number of nitrogens with one attached hydrogen (secondary N) is 1. The lowest BCUT2D eigenvalue weighted by Gasteiger charge is -2.14. The van der Waals surface area contributed by atoms with E-state index < -0.39 is 0 Å². The van der Waals surface area contributed by atoms with Crippen LogP contribution in [0.5, 0.6) is 0 Å². The Morgan fingerprint density at radius 2 is 2.55 bits per heavy atom. The van der Waals surface area contributed by atoms with Crippen LogP contribution in [0.25, 0.3) is 0 Å². The lowest BCUT2D eigenvalue weighted by Crippen LogP contribution is -2.15. The number of carbonyl (C=O) groups is 1. The Morgan fingerprint density at radius 3 is 3.36 bits per heavy atom. The second kappa shape index (κ2) is 2.25. The number of rotatable bonds is 1. The predicted molar refractivity (Wildman–Crippen MR) is 37.4 cm³/mol. The Labute approximate surface area is 63.3 Å². The molecule has 0 unspecified atom stereocenters. The lowest BCUT2D eigenvalue weighted by molar-refractivity contribution is -0.113. The fourth-order valence-corrected chi connectivity index (χ4v) is 0.928. The molecule has 0 saturated heterocycles. The van der Waals surface area contributed by atoms with Gasteiger partial charge in [0.25, 0.3) is 0 Å². The van der Waals surface area contributed by atoms with Crippen molar-refractivity contribution in [3.05, 3.63) is 35.8 Å². The maximum atomic E-state index is 10.3. The molecular weight excluding hydrogens is 144 g/mol. The summed E-state index contributed by atoms with van der Waals surface area (Å²) < 4.78 is 0. The van der Waals surface area contributed by atoms with Gasteiger partial charge in [-0.05, 0) is 12.2 Å². The second-order valence-corrected chi connectivity index (χ2v) is 2.18. The first-order valence-electron chi connectivity index (χ1n) is 3.17. The number of carbonyl (C=O) groups excluding carboxylic acids is 1. The molecule has 2 heterocycles. The van der Waals surface area contributed by atoms with E-state index in [4.69, 9.17) is 4.94 Å². The van der Waals surface area contributed by atoms with Gasteiger partial charge in [-0.3, -0.25) is 4.79 Å². The van der Waals surface area contributed by atoms with E-state index in [9.17, 15) is 4.79 Å². The van der Waals surface area contributed by atoms with Crippen molar-refractivity contribution in [3.63, 3.8) is 0 Å². The minimum atomic E-state index is 0.639. The van der Waals surface area contributed by atoms with Crippen LogP contribution in [0.1, 0.15) is 0 Å². The monoisotopic (exact) mass is 150 g/mol. The molecule has 0 atom stereocenters. The quantitative estimate of drug-likeness (QED) is 0.543. The molecule has 0 aromatic heterocycles. The van der Waals surface area contributed by atoms with E-state index in [0.717, 1.165) is 12.0 Å². The molecule has 56 valence electrons. The number of hydroxylamine groups is 3. The van der Waals surface area contributed by atoms with Crippen LogP contribution in [0.2, 0.25) is 0 Å². The largest absolute Gasteiger partial charge is 0.298 e. The summed E-state index contributed by atoms with van der Waals surface area (Å²) in [7, 11) is 0. The van der Waals surface area contributed by atoms with Gasteiger partial charge in [-0.1, -0.05) is 0 Å². The van der Waals surface area contributed by atoms with Gasteiger partial charge in [0, 0.05) is 11.8 Å². The van der Waals surface area contributed by atoms with E-state index in [1.54, 1.807) is 24.6 Å². The highest BCUT2D eigenvalue weighted by Crippen LogP contribution is 2.18. The normalized spacial score (nSPS) is 20.2. The van der Waals surface area contributed by atoms with Crippen molar-refractivity contribution in [2.75, 3.05) is 0 Å². The van der Waals surface area contributed by atoms with Crippen molar-refractivity contribution < 1.29 is 9.73 Å². The smallest absolute Gasteiger partial charge is 0.150 e. The van der Waals surface area contributed by atoms with Gasteiger partial charge in [-0.25, -0.2) is 10.5 Å². The molecule has 0 saturated carbocycles. The van der Waals surface area contributed by atoms with Crippen molar-refractivity contribution in [3.8, 4) is 0 Å². The standard InChI is InChI=1S/C7H6N2O2/c10-5-6-1-2-9-7(3-6)4-8-11-9/h1-5,8H. The fourth-order valence-electron chi connectivity index (χ4n) is 0.928. The fraction of sp³-hybridized carbons (Fsp3) is 0. The first-order valence-corrected chi connectivity index (χ1v) is 3.17. The second-order valence-electron chi connectivity index (χ2n) is 2.18. The maximum Gasteiger partial charge on any atom is 0.150 e. The molecule has 0 aromatic rings. The Bertz CT molecular complexity index is 278. The zero-order valence-electron chi connectivity index (χ0n) is 5.65. The van der Waals surface area contributed by atoms with Crippen LogP contribution < -0.4 is 5.48 Å². The zero-order valence-corrected chi connectivity index (χ0v) is 5.65. The van der Waals surface area contributed by atoms with Gasteiger partial charge in [-0.2, -0.15) is 4.94 Å². The summed E-state index contributed by atoms with van der Waals surface area (Å²) in [5.41, 5.74) is 4.03. The summed E-state index contributed by atoms with van der Waals surface area (Å²) in [6, 6.07) is 0. The van der Waals surface area contributed by atoms with E-state index in [0.29, 0.717) is 5.57 Å². The molecule has 2 aliphatic rings. The van der Waals surface area contributed by atoms with Gasteiger partial charge in [0.05, 0.1) is 11.9 Å². The van der Waals surface area contributed by atoms with Gasteiger partial charge in [0.2, 0.25) is 0 Å². The highest BCUT2D eigenvalue weighted by atomic mass is 16.8. The van der Waals surface area contributed by atoms with Crippen molar-refractivity contribution in [1.82, 2.24) is 10.5 Å². The van der Waals surface area contributed by atoms with E-state index in [2.05, 4.69) is 5.48 Å². The number of allylic oxidation sites excluding steroid dienone is 3. The van der Waals surface area contributed by atoms with Crippen molar-refractivity contribution in [1.29, 1.82) is 0 Å². The van der Waals surface area contributed by atoms with Crippen LogP contribution in [0.4, 0.5) is 0 Å². The molecule has 0 bridgehead atoms. The van der Waals surface area contributed by atoms with Crippen LogP contribution >= 0.6 is 0 Å². The average molecular weight is 150 g/mol. The third-order valence-corrected chi connectivity index (χ3v) is 1.47. The molecule has 1 N–H and O–H groups in total. The van der Waals surface area contributed by atoms with E-state index in [-0.39, 0.29) is 0 Å². The van der Waals surface area contributed by atoms with Crippen LogP contribution in [0, 0.1) is 0 Å². The Hall–Kier alpha value is -1.55. The molecule has 0 amide bonds. The molecule has 11 heavy (non-hydrogen) atoms. The Morgan fingerprint density at radius 1 is 1.64 bits per heavy atom. The van der Waals surface area contributed by atoms with Gasteiger partial charge in [-0.15, -0.1) is 0 Å².